The second-order valence-corrected chi connectivity index (χ2v) is 9.37. The Morgan fingerprint density at radius 2 is 1.81 bits per heavy atom. The van der Waals surface area contributed by atoms with E-state index in [9.17, 15) is 4.79 Å². The Bertz CT molecular complexity index is 989. The molecule has 0 aromatic heterocycles. The third kappa shape index (κ3) is 4.52. The van der Waals surface area contributed by atoms with Crippen LogP contribution in [0.1, 0.15) is 64.0 Å². The molecule has 170 valence electrons. The highest BCUT2D eigenvalue weighted by Crippen LogP contribution is 2.40. The summed E-state index contributed by atoms with van der Waals surface area (Å²) in [5, 5.41) is 8.69. The summed E-state index contributed by atoms with van der Waals surface area (Å²) in [6.45, 7) is 6.46. The second kappa shape index (κ2) is 8.73. The molecule has 1 fully saturated rings. The van der Waals surface area contributed by atoms with E-state index in [-0.39, 0.29) is 5.41 Å². The summed E-state index contributed by atoms with van der Waals surface area (Å²) in [6, 6.07) is 15.3. The molecule has 0 bridgehead atoms. The zero-order valence-corrected chi connectivity index (χ0v) is 19.2. The van der Waals surface area contributed by atoms with Crippen LogP contribution in [-0.2, 0) is 15.1 Å². The number of carbonyl (C=O) groups excluding carboxylic acids is 1. The van der Waals surface area contributed by atoms with Crippen LogP contribution in [0, 0.1) is 0 Å². The molecule has 7 heteroatoms. The molecule has 1 aliphatic carbocycles. The minimum Gasteiger partial charge on any atom is -0.497 e. The lowest BCUT2D eigenvalue weighted by Crippen LogP contribution is -2.51. The van der Waals surface area contributed by atoms with Crippen molar-refractivity contribution in [3.8, 4) is 5.75 Å². The number of anilines is 1. The summed E-state index contributed by atoms with van der Waals surface area (Å²) in [7, 11) is 1.61. The smallest absolute Gasteiger partial charge is 0.436 e. The van der Waals surface area contributed by atoms with Crippen LogP contribution in [0.2, 0.25) is 0 Å². The Labute approximate surface area is 189 Å². The molecule has 0 radical (unpaired) electrons. The van der Waals surface area contributed by atoms with E-state index in [1.165, 1.54) is 5.56 Å². The SMILES string of the molecule is COc1cccc(C2=NOC3(CCCCC3)N2OC(=O)Nc2ccc(C(C)(C)C)cc2)c1. The van der Waals surface area contributed by atoms with Gasteiger partial charge in [-0.2, -0.15) is 0 Å². The molecule has 1 aliphatic heterocycles. The van der Waals surface area contributed by atoms with E-state index in [0.29, 0.717) is 17.3 Å². The number of benzene rings is 2. The predicted molar refractivity (Wildman–Crippen MR) is 124 cm³/mol. The maximum absolute atomic E-state index is 12.9. The van der Waals surface area contributed by atoms with E-state index in [2.05, 4.69) is 31.2 Å². The van der Waals surface area contributed by atoms with Crippen molar-refractivity contribution in [1.82, 2.24) is 5.06 Å². The van der Waals surface area contributed by atoms with Crippen molar-refractivity contribution in [2.45, 2.75) is 64.0 Å². The third-order valence-corrected chi connectivity index (χ3v) is 6.00. The largest absolute Gasteiger partial charge is 0.497 e. The van der Waals surface area contributed by atoms with Crippen molar-refractivity contribution in [3.05, 3.63) is 59.7 Å². The molecule has 0 atom stereocenters. The average Bonchev–Trinajstić information content (AvgIpc) is 3.11. The lowest BCUT2D eigenvalue weighted by Gasteiger charge is -2.37. The quantitative estimate of drug-likeness (QED) is 0.653. The lowest BCUT2D eigenvalue weighted by molar-refractivity contribution is -0.224. The van der Waals surface area contributed by atoms with Gasteiger partial charge in [0.15, 0.2) is 0 Å². The molecule has 2 aliphatic rings. The van der Waals surface area contributed by atoms with Gasteiger partial charge in [-0.3, -0.25) is 5.32 Å². The number of carbonyl (C=O) groups is 1. The molecule has 1 amide bonds. The molecule has 2 aromatic carbocycles. The van der Waals surface area contributed by atoms with E-state index in [1.54, 1.807) is 12.2 Å². The van der Waals surface area contributed by atoms with Crippen LogP contribution in [0.25, 0.3) is 0 Å². The Morgan fingerprint density at radius 3 is 2.47 bits per heavy atom. The van der Waals surface area contributed by atoms with Gasteiger partial charge in [0.05, 0.1) is 7.11 Å². The van der Waals surface area contributed by atoms with Crippen LogP contribution in [0.3, 0.4) is 0 Å². The molecular weight excluding hydrogens is 406 g/mol. The van der Waals surface area contributed by atoms with Gasteiger partial charge < -0.3 is 14.4 Å². The van der Waals surface area contributed by atoms with Gasteiger partial charge >= 0.3 is 6.09 Å². The maximum Gasteiger partial charge on any atom is 0.436 e. The van der Waals surface area contributed by atoms with Crippen LogP contribution in [0.5, 0.6) is 5.75 Å². The third-order valence-electron chi connectivity index (χ3n) is 6.00. The predicted octanol–water partition coefficient (Wildman–Crippen LogP) is 5.81. The van der Waals surface area contributed by atoms with E-state index in [0.717, 1.165) is 37.7 Å². The molecular formula is C25H31N3O4. The molecule has 1 heterocycles. The first-order valence-corrected chi connectivity index (χ1v) is 11.1. The number of rotatable bonds is 4. The van der Waals surface area contributed by atoms with E-state index in [4.69, 9.17) is 14.4 Å². The summed E-state index contributed by atoms with van der Waals surface area (Å²) in [5.41, 5.74) is 1.89. The minimum absolute atomic E-state index is 0.0431. The Balaban J connectivity index is 1.54. The van der Waals surface area contributed by atoms with Crippen molar-refractivity contribution < 1.29 is 19.2 Å². The Hall–Kier alpha value is -3.22. The van der Waals surface area contributed by atoms with Gasteiger partial charge in [-0.05, 0) is 48.1 Å². The first-order chi connectivity index (χ1) is 15.3. The minimum atomic E-state index is -0.774. The van der Waals surface area contributed by atoms with Crippen LogP contribution in [0.4, 0.5) is 10.5 Å². The molecule has 0 unspecified atom stereocenters. The Kier molecular flexibility index (Phi) is 6.00. The summed E-state index contributed by atoms with van der Waals surface area (Å²) in [6.07, 6.45) is 3.97. The van der Waals surface area contributed by atoms with Crippen LogP contribution in [0.15, 0.2) is 53.7 Å². The van der Waals surface area contributed by atoms with Crippen molar-refractivity contribution in [3.63, 3.8) is 0 Å². The van der Waals surface area contributed by atoms with Crippen LogP contribution in [-0.4, -0.2) is 29.8 Å². The lowest BCUT2D eigenvalue weighted by atomic mass is 9.87. The van der Waals surface area contributed by atoms with Crippen LogP contribution < -0.4 is 10.1 Å². The van der Waals surface area contributed by atoms with Gasteiger partial charge in [0.25, 0.3) is 0 Å². The molecule has 0 saturated heterocycles. The molecule has 1 spiro atoms. The number of methoxy groups -OCH3 is 1. The number of amides is 1. The van der Waals surface area contributed by atoms with Crippen molar-refractivity contribution >= 4 is 17.6 Å². The number of hydrogen-bond acceptors (Lipinski definition) is 6. The molecule has 4 rings (SSSR count). The fraction of sp³-hybridized carbons (Fsp3) is 0.440. The standard InChI is InChI=1S/C25H31N3O4/c1-24(2,3)19-11-13-20(14-12-19)26-23(29)31-28-22(18-9-8-10-21(17-18)30-4)27-32-25(28)15-6-5-7-16-25/h8-14,17H,5-7,15-16H2,1-4H3,(H,26,29). The maximum atomic E-state index is 12.9. The molecule has 1 saturated carbocycles. The summed E-state index contributed by atoms with van der Waals surface area (Å²) in [4.78, 5) is 24.6. The van der Waals surface area contributed by atoms with Gasteiger partial charge in [0.2, 0.25) is 11.6 Å². The van der Waals surface area contributed by atoms with Crippen molar-refractivity contribution in [1.29, 1.82) is 0 Å². The topological polar surface area (TPSA) is 72.4 Å². The van der Waals surface area contributed by atoms with Gasteiger partial charge in [-0.25, -0.2) is 4.79 Å². The Morgan fingerprint density at radius 1 is 1.09 bits per heavy atom. The van der Waals surface area contributed by atoms with Gasteiger partial charge in [0, 0.05) is 24.1 Å². The molecule has 7 nitrogen and oxygen atoms in total. The fourth-order valence-electron chi connectivity index (χ4n) is 4.13. The first kappa shape index (κ1) is 22.0. The summed E-state index contributed by atoms with van der Waals surface area (Å²) >= 11 is 0. The highest BCUT2D eigenvalue weighted by Gasteiger charge is 2.50. The normalized spacial score (nSPS) is 17.5. The fourth-order valence-corrected chi connectivity index (χ4v) is 4.13. The number of oxime groups is 1. The first-order valence-electron chi connectivity index (χ1n) is 11.1. The van der Waals surface area contributed by atoms with Gasteiger partial charge in [-0.15, -0.1) is 5.06 Å². The van der Waals surface area contributed by atoms with Crippen molar-refractivity contribution in [2.75, 3.05) is 12.4 Å². The summed E-state index contributed by atoms with van der Waals surface area (Å²) < 4.78 is 5.35. The highest BCUT2D eigenvalue weighted by molar-refractivity contribution is 6.00. The zero-order chi connectivity index (χ0) is 22.8. The van der Waals surface area contributed by atoms with Gasteiger partial charge in [-0.1, -0.05) is 56.6 Å². The molecule has 1 N–H and O–H groups in total. The number of hydroxylamine groups is 2. The number of amidine groups is 1. The average molecular weight is 438 g/mol. The number of hydrogen-bond donors (Lipinski definition) is 1. The number of ether oxygens (including phenoxy) is 1. The summed E-state index contributed by atoms with van der Waals surface area (Å²) in [5.74, 6) is 1.15. The molecule has 2 aromatic rings. The monoisotopic (exact) mass is 437 g/mol. The van der Waals surface area contributed by atoms with E-state index >= 15 is 0 Å². The van der Waals surface area contributed by atoms with Gasteiger partial charge in [0.1, 0.15) is 5.75 Å². The van der Waals surface area contributed by atoms with E-state index in [1.807, 2.05) is 48.5 Å². The number of nitrogens with one attached hydrogen (secondary N) is 1. The molecule has 32 heavy (non-hydrogen) atoms. The number of nitrogens with zero attached hydrogens (tertiary/aromatic N) is 2. The van der Waals surface area contributed by atoms with Crippen molar-refractivity contribution in [2.24, 2.45) is 5.16 Å². The second-order valence-electron chi connectivity index (χ2n) is 9.37. The van der Waals surface area contributed by atoms with Crippen LogP contribution >= 0.6 is 0 Å². The highest BCUT2D eigenvalue weighted by atomic mass is 16.8. The zero-order valence-electron chi connectivity index (χ0n) is 19.2. The van der Waals surface area contributed by atoms with E-state index < -0.39 is 11.8 Å².